The first-order valence-electron chi connectivity index (χ1n) is 6.52. The van der Waals surface area contributed by atoms with Crippen molar-refractivity contribution in [1.82, 2.24) is 14.3 Å². The van der Waals surface area contributed by atoms with Gasteiger partial charge in [0.1, 0.15) is 0 Å². The lowest BCUT2D eigenvalue weighted by molar-refractivity contribution is 0.278. The summed E-state index contributed by atoms with van der Waals surface area (Å²) in [7, 11) is -3.30. The van der Waals surface area contributed by atoms with E-state index in [4.69, 9.17) is 0 Å². The van der Waals surface area contributed by atoms with Crippen LogP contribution in [0.2, 0.25) is 0 Å². The van der Waals surface area contributed by atoms with Gasteiger partial charge in [-0.05, 0) is 19.8 Å². The zero-order chi connectivity index (χ0) is 12.4. The molecule has 2 fully saturated rings. The first kappa shape index (κ1) is 13.3. The Morgan fingerprint density at radius 3 is 2.29 bits per heavy atom. The summed E-state index contributed by atoms with van der Waals surface area (Å²) in [5.41, 5.74) is -0.234. The van der Waals surface area contributed by atoms with Crippen molar-refractivity contribution in [2.45, 2.75) is 44.6 Å². The van der Waals surface area contributed by atoms with Crippen LogP contribution in [-0.4, -0.2) is 44.4 Å². The van der Waals surface area contributed by atoms with Crippen molar-refractivity contribution in [3.8, 4) is 0 Å². The van der Waals surface area contributed by atoms with Gasteiger partial charge in [0.05, 0.1) is 0 Å². The monoisotopic (exact) mass is 261 g/mol. The van der Waals surface area contributed by atoms with Crippen LogP contribution >= 0.6 is 0 Å². The maximum atomic E-state index is 12.2. The third kappa shape index (κ3) is 3.40. The molecule has 0 bridgehead atoms. The van der Waals surface area contributed by atoms with Crippen LogP contribution in [-0.2, 0) is 10.2 Å². The van der Waals surface area contributed by atoms with Gasteiger partial charge in [-0.15, -0.1) is 0 Å². The summed E-state index contributed by atoms with van der Waals surface area (Å²) in [6.45, 7) is 4.68. The number of nitrogens with one attached hydrogen (secondary N) is 2. The molecule has 1 aliphatic heterocycles. The Hall–Kier alpha value is -0.170. The standard InChI is InChI=1S/C11H23N3O2S/c1-11(5-3-2-4-6-11)13-17(15,16)14-9-7-12-8-10-14/h12-13H,2-10H2,1H3. The van der Waals surface area contributed by atoms with Gasteiger partial charge in [-0.1, -0.05) is 19.3 Å². The Morgan fingerprint density at radius 1 is 1.12 bits per heavy atom. The third-order valence-corrected chi connectivity index (χ3v) is 5.54. The summed E-state index contributed by atoms with van der Waals surface area (Å²) < 4.78 is 29.0. The molecule has 1 aliphatic carbocycles. The molecule has 2 N–H and O–H groups in total. The second-order valence-corrected chi connectivity index (χ2v) is 7.05. The van der Waals surface area contributed by atoms with E-state index < -0.39 is 10.2 Å². The van der Waals surface area contributed by atoms with E-state index in [1.165, 1.54) is 6.42 Å². The minimum atomic E-state index is -3.30. The van der Waals surface area contributed by atoms with Crippen molar-refractivity contribution in [2.75, 3.05) is 26.2 Å². The van der Waals surface area contributed by atoms with E-state index in [1.807, 2.05) is 6.92 Å². The molecule has 0 aromatic rings. The molecule has 2 aliphatic rings. The highest BCUT2D eigenvalue weighted by atomic mass is 32.2. The van der Waals surface area contributed by atoms with Gasteiger partial charge < -0.3 is 5.32 Å². The highest BCUT2D eigenvalue weighted by molar-refractivity contribution is 7.87. The molecule has 0 radical (unpaired) electrons. The predicted molar refractivity (Wildman–Crippen MR) is 68.0 cm³/mol. The number of nitrogens with zero attached hydrogens (tertiary/aromatic N) is 1. The SMILES string of the molecule is CC1(NS(=O)(=O)N2CCNCC2)CCCCC1. The number of hydrogen-bond acceptors (Lipinski definition) is 3. The Bertz CT molecular complexity index is 344. The van der Waals surface area contributed by atoms with Gasteiger partial charge in [-0.25, -0.2) is 0 Å². The fourth-order valence-corrected chi connectivity index (χ4v) is 4.31. The second-order valence-electron chi connectivity index (χ2n) is 5.38. The zero-order valence-electron chi connectivity index (χ0n) is 10.5. The summed E-state index contributed by atoms with van der Waals surface area (Å²) in [6, 6.07) is 0. The summed E-state index contributed by atoms with van der Waals surface area (Å²) in [6.07, 6.45) is 5.39. The van der Waals surface area contributed by atoms with Crippen molar-refractivity contribution in [3.05, 3.63) is 0 Å². The molecule has 1 saturated heterocycles. The highest BCUT2D eigenvalue weighted by Gasteiger charge is 2.34. The van der Waals surface area contributed by atoms with Gasteiger partial charge in [0.2, 0.25) is 0 Å². The average molecular weight is 261 g/mol. The minimum Gasteiger partial charge on any atom is -0.314 e. The first-order chi connectivity index (χ1) is 8.02. The summed E-state index contributed by atoms with van der Waals surface area (Å²) in [4.78, 5) is 0. The van der Waals surface area contributed by atoms with Crippen molar-refractivity contribution < 1.29 is 8.42 Å². The molecule has 0 spiro atoms. The molecule has 100 valence electrons. The van der Waals surface area contributed by atoms with Crippen LogP contribution in [0.4, 0.5) is 0 Å². The summed E-state index contributed by atoms with van der Waals surface area (Å²) in [5, 5.41) is 3.17. The Balaban J connectivity index is 2.00. The lowest BCUT2D eigenvalue weighted by Gasteiger charge is -2.37. The van der Waals surface area contributed by atoms with Crippen molar-refractivity contribution in [1.29, 1.82) is 0 Å². The maximum Gasteiger partial charge on any atom is 0.280 e. The number of piperazine rings is 1. The number of hydrogen-bond donors (Lipinski definition) is 2. The minimum absolute atomic E-state index is 0.234. The fourth-order valence-electron chi connectivity index (χ4n) is 2.69. The van der Waals surface area contributed by atoms with Crippen LogP contribution in [0.1, 0.15) is 39.0 Å². The van der Waals surface area contributed by atoms with Crippen LogP contribution in [0.25, 0.3) is 0 Å². The summed E-state index contributed by atoms with van der Waals surface area (Å²) >= 11 is 0. The number of rotatable bonds is 3. The molecule has 5 nitrogen and oxygen atoms in total. The van der Waals surface area contributed by atoms with Crippen LogP contribution in [0, 0.1) is 0 Å². The average Bonchev–Trinajstić information content (AvgIpc) is 2.30. The summed E-state index contributed by atoms with van der Waals surface area (Å²) in [5.74, 6) is 0. The van der Waals surface area contributed by atoms with E-state index in [0.717, 1.165) is 38.8 Å². The van der Waals surface area contributed by atoms with Crippen LogP contribution in [0.15, 0.2) is 0 Å². The topological polar surface area (TPSA) is 61.4 Å². The van der Waals surface area contributed by atoms with Gasteiger partial charge in [0.25, 0.3) is 10.2 Å². The van der Waals surface area contributed by atoms with Crippen molar-refractivity contribution >= 4 is 10.2 Å². The first-order valence-corrected chi connectivity index (χ1v) is 7.96. The molecular weight excluding hydrogens is 238 g/mol. The smallest absolute Gasteiger partial charge is 0.280 e. The Kier molecular flexibility index (Phi) is 4.07. The van der Waals surface area contributed by atoms with E-state index in [2.05, 4.69) is 10.0 Å². The molecule has 2 rings (SSSR count). The largest absolute Gasteiger partial charge is 0.314 e. The molecule has 0 unspecified atom stereocenters. The normalized spacial score (nSPS) is 26.9. The highest BCUT2D eigenvalue weighted by Crippen LogP contribution is 2.28. The zero-order valence-corrected chi connectivity index (χ0v) is 11.4. The lowest BCUT2D eigenvalue weighted by atomic mass is 9.84. The van der Waals surface area contributed by atoms with E-state index >= 15 is 0 Å². The van der Waals surface area contributed by atoms with Gasteiger partial charge >= 0.3 is 0 Å². The van der Waals surface area contributed by atoms with Crippen LogP contribution < -0.4 is 10.0 Å². The molecular formula is C11H23N3O2S. The van der Waals surface area contributed by atoms with E-state index in [0.29, 0.717) is 13.1 Å². The third-order valence-electron chi connectivity index (χ3n) is 3.75. The molecule has 0 aromatic carbocycles. The molecule has 17 heavy (non-hydrogen) atoms. The Morgan fingerprint density at radius 2 is 1.71 bits per heavy atom. The molecule has 1 heterocycles. The van der Waals surface area contributed by atoms with Gasteiger partial charge in [-0.2, -0.15) is 17.4 Å². The molecule has 6 heteroatoms. The molecule has 0 amide bonds. The molecule has 0 aromatic heterocycles. The van der Waals surface area contributed by atoms with Crippen LogP contribution in [0.3, 0.4) is 0 Å². The quantitative estimate of drug-likeness (QED) is 0.775. The van der Waals surface area contributed by atoms with Gasteiger partial charge in [0.15, 0.2) is 0 Å². The lowest BCUT2D eigenvalue weighted by Crippen LogP contribution is -2.56. The maximum absolute atomic E-state index is 12.2. The predicted octanol–water partition coefficient (Wildman–Crippen LogP) is 0.449. The molecule has 0 atom stereocenters. The van der Waals surface area contributed by atoms with Crippen molar-refractivity contribution in [3.63, 3.8) is 0 Å². The van der Waals surface area contributed by atoms with E-state index in [1.54, 1.807) is 4.31 Å². The van der Waals surface area contributed by atoms with E-state index in [-0.39, 0.29) is 5.54 Å². The second kappa shape index (κ2) is 5.22. The Labute approximate surface area is 104 Å². The van der Waals surface area contributed by atoms with Gasteiger partial charge in [-0.3, -0.25) is 0 Å². The van der Waals surface area contributed by atoms with E-state index in [9.17, 15) is 8.42 Å². The molecule has 1 saturated carbocycles. The van der Waals surface area contributed by atoms with Gasteiger partial charge in [0, 0.05) is 31.7 Å². The fraction of sp³-hybridized carbons (Fsp3) is 1.00. The van der Waals surface area contributed by atoms with Crippen LogP contribution in [0.5, 0.6) is 0 Å². The van der Waals surface area contributed by atoms with Crippen molar-refractivity contribution in [2.24, 2.45) is 0 Å².